The molecule has 4 N–H and O–H groups in total. The molecular weight excluding hydrogens is 282 g/mol. The molecule has 3 aromatic heterocycles. The summed E-state index contributed by atoms with van der Waals surface area (Å²) in [4.78, 5) is 5.99. The normalized spacial score (nSPS) is 13.8. The summed E-state index contributed by atoms with van der Waals surface area (Å²) in [5.41, 5.74) is 8.41. The van der Waals surface area contributed by atoms with Gasteiger partial charge in [0.2, 0.25) is 0 Å². The number of quaternary nitrogens is 1. The third kappa shape index (κ3) is 2.11. The van der Waals surface area contributed by atoms with E-state index in [9.17, 15) is 0 Å². The van der Waals surface area contributed by atoms with Crippen LogP contribution in [0.5, 0.6) is 0 Å². The topological polar surface area (TPSA) is 69.9 Å². The standard InChI is InChI=1S/C15H17N5S/c16-6-7-17-15-10-3-1-4-11(10)18-14-9-12(19-20(14)15)13-5-2-8-21-13/h2,5,8-9,17H,1,3-4,6-7,16H2/p+1. The number of aromatic nitrogens is 3. The Labute approximate surface area is 126 Å². The second kappa shape index (κ2) is 5.13. The van der Waals surface area contributed by atoms with Crippen molar-refractivity contribution in [2.75, 3.05) is 18.4 Å². The summed E-state index contributed by atoms with van der Waals surface area (Å²) in [5.74, 6) is 1.11. The second-order valence-electron chi connectivity index (χ2n) is 5.30. The molecular formula is C15H18N5S+. The van der Waals surface area contributed by atoms with E-state index in [0.717, 1.165) is 43.1 Å². The quantitative estimate of drug-likeness (QED) is 0.769. The molecule has 21 heavy (non-hydrogen) atoms. The second-order valence-corrected chi connectivity index (χ2v) is 6.24. The van der Waals surface area contributed by atoms with Crippen LogP contribution in [0.3, 0.4) is 0 Å². The number of fused-ring (bicyclic) bond motifs is 2. The summed E-state index contributed by atoms with van der Waals surface area (Å²) in [7, 11) is 0. The van der Waals surface area contributed by atoms with E-state index in [-0.39, 0.29) is 0 Å². The molecule has 0 aromatic carbocycles. The van der Waals surface area contributed by atoms with Crippen molar-refractivity contribution in [2.45, 2.75) is 19.3 Å². The van der Waals surface area contributed by atoms with Crippen LogP contribution < -0.4 is 11.1 Å². The van der Waals surface area contributed by atoms with E-state index in [4.69, 9.17) is 10.1 Å². The highest BCUT2D eigenvalue weighted by Gasteiger charge is 2.21. The summed E-state index contributed by atoms with van der Waals surface area (Å²) in [6.07, 6.45) is 3.35. The fourth-order valence-electron chi connectivity index (χ4n) is 2.92. The largest absolute Gasteiger partial charge is 0.364 e. The molecule has 5 nitrogen and oxygen atoms in total. The Balaban J connectivity index is 1.89. The minimum absolute atomic E-state index is 0.859. The van der Waals surface area contributed by atoms with E-state index >= 15 is 0 Å². The maximum atomic E-state index is 4.80. The number of hydrogen-bond donors (Lipinski definition) is 2. The molecule has 1 aliphatic rings. The fraction of sp³-hybridized carbons (Fsp3) is 0.333. The number of nitrogens with zero attached hydrogens (tertiary/aromatic N) is 3. The molecule has 0 radical (unpaired) electrons. The number of anilines is 1. The molecule has 1 aliphatic carbocycles. The lowest BCUT2D eigenvalue weighted by Gasteiger charge is -2.11. The summed E-state index contributed by atoms with van der Waals surface area (Å²) >= 11 is 1.71. The van der Waals surface area contributed by atoms with Gasteiger partial charge in [0.25, 0.3) is 0 Å². The highest BCUT2D eigenvalue weighted by atomic mass is 32.1. The Bertz CT molecular complexity index is 775. The molecule has 3 heterocycles. The van der Waals surface area contributed by atoms with Gasteiger partial charge in [0.15, 0.2) is 5.65 Å². The Kier molecular flexibility index (Phi) is 3.12. The van der Waals surface area contributed by atoms with Gasteiger partial charge >= 0.3 is 0 Å². The van der Waals surface area contributed by atoms with Gasteiger partial charge in [-0.2, -0.15) is 9.61 Å². The maximum Gasteiger partial charge on any atom is 0.158 e. The van der Waals surface area contributed by atoms with Crippen LogP contribution in [0.25, 0.3) is 16.2 Å². The Morgan fingerprint density at radius 3 is 3.14 bits per heavy atom. The minimum atomic E-state index is 0.859. The predicted octanol–water partition coefficient (Wildman–Crippen LogP) is 1.60. The van der Waals surface area contributed by atoms with Crippen molar-refractivity contribution in [1.82, 2.24) is 14.6 Å². The lowest BCUT2D eigenvalue weighted by Crippen LogP contribution is -2.53. The van der Waals surface area contributed by atoms with Gasteiger partial charge in [-0.05, 0) is 30.7 Å². The van der Waals surface area contributed by atoms with Gasteiger partial charge in [-0.25, -0.2) is 4.98 Å². The zero-order valence-electron chi connectivity index (χ0n) is 11.8. The molecule has 0 bridgehead atoms. The molecule has 0 amide bonds. The Morgan fingerprint density at radius 1 is 1.38 bits per heavy atom. The van der Waals surface area contributed by atoms with Crippen LogP contribution in [-0.2, 0) is 12.8 Å². The van der Waals surface area contributed by atoms with E-state index in [1.165, 1.54) is 22.6 Å². The number of rotatable bonds is 4. The van der Waals surface area contributed by atoms with Gasteiger partial charge in [0.1, 0.15) is 11.5 Å². The van der Waals surface area contributed by atoms with Gasteiger partial charge in [0.05, 0.1) is 18.0 Å². The molecule has 3 aromatic rings. The number of hydrogen-bond acceptors (Lipinski definition) is 4. The lowest BCUT2D eigenvalue weighted by molar-refractivity contribution is -0.362. The molecule has 6 heteroatoms. The first-order chi connectivity index (χ1) is 10.4. The fourth-order valence-corrected chi connectivity index (χ4v) is 3.60. The first-order valence-electron chi connectivity index (χ1n) is 7.35. The van der Waals surface area contributed by atoms with Crippen LogP contribution >= 0.6 is 11.3 Å². The van der Waals surface area contributed by atoms with Crippen molar-refractivity contribution >= 4 is 22.8 Å². The SMILES string of the molecule is [NH3+]CCNc1c2c(nc3cc(-c4cccs4)nn13)CCC2. The third-order valence-electron chi connectivity index (χ3n) is 3.87. The van der Waals surface area contributed by atoms with Crippen LogP contribution in [0.15, 0.2) is 23.6 Å². The van der Waals surface area contributed by atoms with Gasteiger partial charge in [-0.15, -0.1) is 11.3 Å². The molecule has 0 aliphatic heterocycles. The predicted molar refractivity (Wildman–Crippen MR) is 84.6 cm³/mol. The molecule has 108 valence electrons. The van der Waals surface area contributed by atoms with Crippen molar-refractivity contribution in [1.29, 1.82) is 0 Å². The molecule has 0 atom stereocenters. The minimum Gasteiger partial charge on any atom is -0.364 e. The van der Waals surface area contributed by atoms with Gasteiger partial charge in [-0.1, -0.05) is 6.07 Å². The van der Waals surface area contributed by atoms with Crippen molar-refractivity contribution in [3.8, 4) is 10.6 Å². The average Bonchev–Trinajstić information content (AvgIpc) is 3.20. The van der Waals surface area contributed by atoms with E-state index in [0.29, 0.717) is 0 Å². The summed E-state index contributed by atoms with van der Waals surface area (Å²) in [6.45, 7) is 1.72. The summed E-state index contributed by atoms with van der Waals surface area (Å²) < 4.78 is 1.97. The van der Waals surface area contributed by atoms with Gasteiger partial charge in [0, 0.05) is 17.3 Å². The number of aryl methyl sites for hydroxylation is 1. The van der Waals surface area contributed by atoms with Gasteiger partial charge in [-0.3, -0.25) is 0 Å². The van der Waals surface area contributed by atoms with Crippen LogP contribution in [0.1, 0.15) is 17.7 Å². The lowest BCUT2D eigenvalue weighted by atomic mass is 10.2. The van der Waals surface area contributed by atoms with Crippen LogP contribution in [-0.4, -0.2) is 27.7 Å². The van der Waals surface area contributed by atoms with Crippen molar-refractivity contribution in [3.05, 3.63) is 34.8 Å². The number of nitrogens with one attached hydrogen (secondary N) is 1. The third-order valence-corrected chi connectivity index (χ3v) is 4.76. The monoisotopic (exact) mass is 300 g/mol. The van der Waals surface area contributed by atoms with Crippen molar-refractivity contribution < 1.29 is 5.73 Å². The molecule has 0 spiro atoms. The van der Waals surface area contributed by atoms with Crippen LogP contribution in [0, 0.1) is 0 Å². The van der Waals surface area contributed by atoms with Crippen molar-refractivity contribution in [2.24, 2.45) is 0 Å². The Morgan fingerprint density at radius 2 is 2.33 bits per heavy atom. The molecule has 0 fully saturated rings. The highest BCUT2D eigenvalue weighted by molar-refractivity contribution is 7.13. The number of thiophene rings is 1. The summed E-state index contributed by atoms with van der Waals surface area (Å²) in [5, 5.41) is 10.3. The zero-order valence-corrected chi connectivity index (χ0v) is 12.6. The highest BCUT2D eigenvalue weighted by Crippen LogP contribution is 2.31. The van der Waals surface area contributed by atoms with Crippen LogP contribution in [0.4, 0.5) is 5.82 Å². The van der Waals surface area contributed by atoms with E-state index < -0.39 is 0 Å². The zero-order chi connectivity index (χ0) is 14.2. The molecule has 0 saturated carbocycles. The average molecular weight is 300 g/mol. The van der Waals surface area contributed by atoms with Crippen LogP contribution in [0.2, 0.25) is 0 Å². The molecule has 0 saturated heterocycles. The summed E-state index contributed by atoms with van der Waals surface area (Å²) in [6, 6.07) is 6.24. The first-order valence-corrected chi connectivity index (χ1v) is 8.23. The van der Waals surface area contributed by atoms with E-state index in [1.54, 1.807) is 11.3 Å². The Hall–Kier alpha value is -1.92. The smallest absolute Gasteiger partial charge is 0.158 e. The van der Waals surface area contributed by atoms with E-state index in [1.807, 2.05) is 4.52 Å². The molecule has 4 rings (SSSR count). The van der Waals surface area contributed by atoms with Crippen molar-refractivity contribution in [3.63, 3.8) is 0 Å². The first kappa shape index (κ1) is 12.8. The molecule has 0 unspecified atom stereocenters. The van der Waals surface area contributed by atoms with Gasteiger partial charge < -0.3 is 11.1 Å². The maximum absolute atomic E-state index is 4.80. The van der Waals surface area contributed by atoms with E-state index in [2.05, 4.69) is 34.6 Å².